The minimum atomic E-state index is 0.375. The molecule has 0 radical (unpaired) electrons. The van der Waals surface area contributed by atoms with E-state index in [0.29, 0.717) is 12.6 Å². The third-order valence-electron chi connectivity index (χ3n) is 3.42. The van der Waals surface area contributed by atoms with Crippen LogP contribution in [-0.2, 0) is 6.61 Å². The number of nitrogens with zero attached hydrogens (tertiary/aromatic N) is 1. The Morgan fingerprint density at radius 1 is 1.19 bits per heavy atom. The standard InChI is InChI=1S/C18H24N2O/c1-4-9-20-15(3)17-5-7-18(8-6-17)21-13-16-10-14(2)11-19-12-16/h5-8,10-12,15,20H,4,9,13H2,1-3H3. The predicted octanol–water partition coefficient (Wildman–Crippen LogP) is 4.03. The van der Waals surface area contributed by atoms with Crippen LogP contribution in [-0.4, -0.2) is 11.5 Å². The van der Waals surface area contributed by atoms with Crippen LogP contribution < -0.4 is 10.1 Å². The summed E-state index contributed by atoms with van der Waals surface area (Å²) < 4.78 is 5.80. The van der Waals surface area contributed by atoms with E-state index in [9.17, 15) is 0 Å². The van der Waals surface area contributed by atoms with Crippen LogP contribution in [0.25, 0.3) is 0 Å². The molecule has 112 valence electrons. The van der Waals surface area contributed by atoms with E-state index in [4.69, 9.17) is 4.74 Å². The largest absolute Gasteiger partial charge is 0.489 e. The second kappa shape index (κ2) is 7.79. The van der Waals surface area contributed by atoms with Gasteiger partial charge in [0.05, 0.1) is 0 Å². The van der Waals surface area contributed by atoms with E-state index in [0.717, 1.165) is 29.8 Å². The Bertz CT molecular complexity index is 551. The van der Waals surface area contributed by atoms with Gasteiger partial charge in [-0.2, -0.15) is 0 Å². The molecule has 0 aliphatic carbocycles. The molecule has 0 saturated heterocycles. The van der Waals surface area contributed by atoms with Gasteiger partial charge in [-0.3, -0.25) is 4.98 Å². The highest BCUT2D eigenvalue weighted by Crippen LogP contribution is 2.18. The molecular formula is C18H24N2O. The maximum Gasteiger partial charge on any atom is 0.119 e. The second-order valence-electron chi connectivity index (χ2n) is 5.40. The van der Waals surface area contributed by atoms with Crippen molar-refractivity contribution in [2.45, 2.75) is 39.8 Å². The summed E-state index contributed by atoms with van der Waals surface area (Å²) in [7, 11) is 0. The zero-order valence-electron chi connectivity index (χ0n) is 13.1. The van der Waals surface area contributed by atoms with Crippen LogP contribution in [0.1, 0.15) is 43.0 Å². The SMILES string of the molecule is CCCNC(C)c1ccc(OCc2cncc(C)c2)cc1. The van der Waals surface area contributed by atoms with Crippen molar-refractivity contribution >= 4 is 0 Å². The van der Waals surface area contributed by atoms with E-state index in [1.54, 1.807) is 0 Å². The summed E-state index contributed by atoms with van der Waals surface area (Å²) >= 11 is 0. The topological polar surface area (TPSA) is 34.1 Å². The van der Waals surface area contributed by atoms with Gasteiger partial charge in [0.1, 0.15) is 12.4 Å². The Balaban J connectivity index is 1.90. The van der Waals surface area contributed by atoms with Gasteiger partial charge in [0.25, 0.3) is 0 Å². The molecular weight excluding hydrogens is 260 g/mol. The van der Waals surface area contributed by atoms with Gasteiger partial charge in [-0.1, -0.05) is 19.1 Å². The molecule has 1 atom stereocenters. The lowest BCUT2D eigenvalue weighted by Crippen LogP contribution is -2.19. The molecule has 0 aliphatic rings. The molecule has 3 heteroatoms. The first-order chi connectivity index (χ1) is 10.2. The number of rotatable bonds is 7. The molecule has 3 nitrogen and oxygen atoms in total. The molecule has 1 aromatic heterocycles. The van der Waals surface area contributed by atoms with Crippen LogP contribution in [0.4, 0.5) is 0 Å². The van der Waals surface area contributed by atoms with Crippen molar-refractivity contribution in [3.63, 3.8) is 0 Å². The summed E-state index contributed by atoms with van der Waals surface area (Å²) in [6.45, 7) is 7.99. The van der Waals surface area contributed by atoms with E-state index in [1.165, 1.54) is 5.56 Å². The first kappa shape index (κ1) is 15.5. The number of hydrogen-bond acceptors (Lipinski definition) is 3. The third-order valence-corrected chi connectivity index (χ3v) is 3.42. The molecule has 1 N–H and O–H groups in total. The summed E-state index contributed by atoms with van der Waals surface area (Å²) in [6.07, 6.45) is 4.84. The van der Waals surface area contributed by atoms with Gasteiger partial charge in [-0.25, -0.2) is 0 Å². The molecule has 0 saturated carbocycles. The number of aryl methyl sites for hydroxylation is 1. The highest BCUT2D eigenvalue weighted by molar-refractivity contribution is 5.29. The molecule has 1 aromatic carbocycles. The summed E-state index contributed by atoms with van der Waals surface area (Å²) in [5.41, 5.74) is 3.53. The van der Waals surface area contributed by atoms with Gasteiger partial charge in [0.2, 0.25) is 0 Å². The minimum Gasteiger partial charge on any atom is -0.489 e. The molecule has 0 aliphatic heterocycles. The van der Waals surface area contributed by atoms with Crippen molar-refractivity contribution in [3.8, 4) is 5.75 Å². The lowest BCUT2D eigenvalue weighted by atomic mass is 10.1. The van der Waals surface area contributed by atoms with Gasteiger partial charge in [0.15, 0.2) is 0 Å². The van der Waals surface area contributed by atoms with Crippen molar-refractivity contribution in [3.05, 3.63) is 59.4 Å². The lowest BCUT2D eigenvalue weighted by molar-refractivity contribution is 0.305. The smallest absolute Gasteiger partial charge is 0.119 e. The van der Waals surface area contributed by atoms with E-state index in [1.807, 2.05) is 31.5 Å². The van der Waals surface area contributed by atoms with Crippen molar-refractivity contribution in [1.29, 1.82) is 0 Å². The molecule has 2 rings (SSSR count). The maximum absolute atomic E-state index is 5.80. The van der Waals surface area contributed by atoms with Crippen molar-refractivity contribution in [1.82, 2.24) is 10.3 Å². The van der Waals surface area contributed by atoms with Crippen LogP contribution in [0.2, 0.25) is 0 Å². The number of ether oxygens (including phenoxy) is 1. The van der Waals surface area contributed by atoms with Crippen LogP contribution in [0.3, 0.4) is 0 Å². The first-order valence-electron chi connectivity index (χ1n) is 7.55. The Kier molecular flexibility index (Phi) is 5.76. The normalized spacial score (nSPS) is 12.1. The van der Waals surface area contributed by atoms with Crippen LogP contribution >= 0.6 is 0 Å². The fourth-order valence-corrected chi connectivity index (χ4v) is 2.19. The number of benzene rings is 1. The Morgan fingerprint density at radius 3 is 2.62 bits per heavy atom. The average molecular weight is 284 g/mol. The van der Waals surface area contributed by atoms with Gasteiger partial charge in [-0.05, 0) is 56.1 Å². The highest BCUT2D eigenvalue weighted by atomic mass is 16.5. The van der Waals surface area contributed by atoms with E-state index in [2.05, 4.69) is 42.3 Å². The molecule has 1 unspecified atom stereocenters. The second-order valence-corrected chi connectivity index (χ2v) is 5.40. The van der Waals surface area contributed by atoms with Crippen LogP contribution in [0, 0.1) is 6.92 Å². The first-order valence-corrected chi connectivity index (χ1v) is 7.55. The molecule has 2 aromatic rings. The quantitative estimate of drug-likeness (QED) is 0.833. The van der Waals surface area contributed by atoms with E-state index in [-0.39, 0.29) is 0 Å². The highest BCUT2D eigenvalue weighted by Gasteiger charge is 2.04. The predicted molar refractivity (Wildman–Crippen MR) is 86.5 cm³/mol. The molecule has 0 amide bonds. The van der Waals surface area contributed by atoms with Crippen molar-refractivity contribution in [2.75, 3.05) is 6.54 Å². The average Bonchev–Trinajstić information content (AvgIpc) is 2.51. The molecule has 1 heterocycles. The molecule has 0 fully saturated rings. The number of nitrogens with one attached hydrogen (secondary N) is 1. The Hall–Kier alpha value is -1.87. The number of pyridine rings is 1. The monoisotopic (exact) mass is 284 g/mol. The Morgan fingerprint density at radius 2 is 1.95 bits per heavy atom. The zero-order valence-corrected chi connectivity index (χ0v) is 13.1. The van der Waals surface area contributed by atoms with Gasteiger partial charge in [0, 0.05) is 24.0 Å². The van der Waals surface area contributed by atoms with E-state index >= 15 is 0 Å². The summed E-state index contributed by atoms with van der Waals surface area (Å²) in [5, 5.41) is 3.48. The lowest BCUT2D eigenvalue weighted by Gasteiger charge is -2.14. The van der Waals surface area contributed by atoms with Gasteiger partial charge >= 0.3 is 0 Å². The number of hydrogen-bond donors (Lipinski definition) is 1. The van der Waals surface area contributed by atoms with Crippen LogP contribution in [0.15, 0.2) is 42.7 Å². The summed E-state index contributed by atoms with van der Waals surface area (Å²) in [5.74, 6) is 0.892. The molecule has 21 heavy (non-hydrogen) atoms. The molecule has 0 spiro atoms. The third kappa shape index (κ3) is 4.87. The zero-order chi connectivity index (χ0) is 15.1. The maximum atomic E-state index is 5.80. The van der Waals surface area contributed by atoms with Crippen molar-refractivity contribution < 1.29 is 4.74 Å². The fraction of sp³-hybridized carbons (Fsp3) is 0.389. The van der Waals surface area contributed by atoms with Crippen LogP contribution in [0.5, 0.6) is 5.75 Å². The minimum absolute atomic E-state index is 0.375. The molecule has 0 bridgehead atoms. The summed E-state index contributed by atoms with van der Waals surface area (Å²) in [6, 6.07) is 10.8. The van der Waals surface area contributed by atoms with Gasteiger partial charge < -0.3 is 10.1 Å². The van der Waals surface area contributed by atoms with Crippen molar-refractivity contribution in [2.24, 2.45) is 0 Å². The number of aromatic nitrogens is 1. The fourth-order valence-electron chi connectivity index (χ4n) is 2.19. The van der Waals surface area contributed by atoms with Gasteiger partial charge in [-0.15, -0.1) is 0 Å². The van der Waals surface area contributed by atoms with E-state index < -0.39 is 0 Å². The summed E-state index contributed by atoms with van der Waals surface area (Å²) in [4.78, 5) is 4.17. The Labute approximate surface area is 127 Å².